The third kappa shape index (κ3) is 2.08. The van der Waals surface area contributed by atoms with Crippen LogP contribution in [0, 0.1) is 0 Å². The van der Waals surface area contributed by atoms with Gasteiger partial charge in [-0.05, 0) is 0 Å². The summed E-state index contributed by atoms with van der Waals surface area (Å²) in [5.74, 6) is 0.348. The molecule has 0 aliphatic carbocycles. The Bertz CT molecular complexity index is 123. The SMILES string of the molecule is COCC1CC(=O)CCN1. The minimum absolute atomic E-state index is 0.256. The lowest BCUT2D eigenvalue weighted by Crippen LogP contribution is -2.41. The predicted molar refractivity (Wildman–Crippen MR) is 37.9 cm³/mol. The van der Waals surface area contributed by atoms with Crippen LogP contribution in [0.25, 0.3) is 0 Å². The van der Waals surface area contributed by atoms with Crippen molar-refractivity contribution in [1.82, 2.24) is 5.32 Å². The number of carbonyl (C=O) groups is 1. The van der Waals surface area contributed by atoms with Crippen LogP contribution >= 0.6 is 0 Å². The monoisotopic (exact) mass is 143 g/mol. The van der Waals surface area contributed by atoms with E-state index in [0.29, 0.717) is 25.2 Å². The average Bonchev–Trinajstić information content (AvgIpc) is 1.88. The number of carbonyl (C=O) groups excluding carboxylic acids is 1. The van der Waals surface area contributed by atoms with E-state index in [1.54, 1.807) is 7.11 Å². The highest BCUT2D eigenvalue weighted by Gasteiger charge is 2.17. The number of rotatable bonds is 2. The summed E-state index contributed by atoms with van der Waals surface area (Å²) < 4.78 is 4.91. The van der Waals surface area contributed by atoms with E-state index in [1.807, 2.05) is 0 Å². The number of Topliss-reactive ketones (excluding diaryl/α,β-unsaturated/α-hetero) is 1. The van der Waals surface area contributed by atoms with Crippen molar-refractivity contribution in [3.8, 4) is 0 Å². The van der Waals surface area contributed by atoms with Crippen molar-refractivity contribution >= 4 is 5.78 Å². The van der Waals surface area contributed by atoms with Gasteiger partial charge in [0, 0.05) is 32.5 Å². The number of nitrogens with one attached hydrogen (secondary N) is 1. The van der Waals surface area contributed by atoms with E-state index in [-0.39, 0.29) is 6.04 Å². The molecule has 1 rings (SSSR count). The van der Waals surface area contributed by atoms with Gasteiger partial charge in [-0.2, -0.15) is 0 Å². The van der Waals surface area contributed by atoms with Crippen LogP contribution in [0.2, 0.25) is 0 Å². The van der Waals surface area contributed by atoms with Gasteiger partial charge < -0.3 is 10.1 Å². The molecular weight excluding hydrogens is 130 g/mol. The highest BCUT2D eigenvalue weighted by molar-refractivity contribution is 5.79. The number of hydrogen-bond donors (Lipinski definition) is 1. The first-order valence-corrected chi connectivity index (χ1v) is 3.57. The molecule has 1 saturated heterocycles. The van der Waals surface area contributed by atoms with Gasteiger partial charge in [-0.1, -0.05) is 0 Å². The van der Waals surface area contributed by atoms with Gasteiger partial charge in [0.1, 0.15) is 5.78 Å². The molecule has 0 radical (unpaired) electrons. The summed E-state index contributed by atoms with van der Waals surface area (Å²) in [5, 5.41) is 3.20. The number of ketones is 1. The summed E-state index contributed by atoms with van der Waals surface area (Å²) >= 11 is 0. The minimum atomic E-state index is 0.256. The van der Waals surface area contributed by atoms with Gasteiger partial charge in [0.15, 0.2) is 0 Å². The third-order valence-electron chi connectivity index (χ3n) is 1.68. The second-order valence-electron chi connectivity index (χ2n) is 2.60. The molecule has 3 heteroatoms. The van der Waals surface area contributed by atoms with Gasteiger partial charge in [-0.15, -0.1) is 0 Å². The van der Waals surface area contributed by atoms with Gasteiger partial charge in [0.25, 0.3) is 0 Å². The van der Waals surface area contributed by atoms with Gasteiger partial charge in [0.2, 0.25) is 0 Å². The van der Waals surface area contributed by atoms with Crippen molar-refractivity contribution in [2.75, 3.05) is 20.3 Å². The summed E-state index contributed by atoms with van der Waals surface area (Å²) in [6.07, 6.45) is 1.31. The van der Waals surface area contributed by atoms with E-state index in [0.717, 1.165) is 6.54 Å². The topological polar surface area (TPSA) is 38.3 Å². The molecule has 0 saturated carbocycles. The fourth-order valence-electron chi connectivity index (χ4n) is 1.18. The molecule has 1 atom stereocenters. The minimum Gasteiger partial charge on any atom is -0.383 e. The second-order valence-corrected chi connectivity index (χ2v) is 2.60. The lowest BCUT2D eigenvalue weighted by molar-refractivity contribution is -0.121. The van der Waals surface area contributed by atoms with Crippen LogP contribution in [0.5, 0.6) is 0 Å². The molecule has 0 amide bonds. The fourth-order valence-corrected chi connectivity index (χ4v) is 1.18. The number of ether oxygens (including phenoxy) is 1. The molecule has 0 spiro atoms. The maximum Gasteiger partial charge on any atom is 0.135 e. The highest BCUT2D eigenvalue weighted by atomic mass is 16.5. The molecule has 3 nitrogen and oxygen atoms in total. The first-order valence-electron chi connectivity index (χ1n) is 3.57. The lowest BCUT2D eigenvalue weighted by Gasteiger charge is -2.21. The van der Waals surface area contributed by atoms with Crippen LogP contribution in [0.1, 0.15) is 12.8 Å². The fraction of sp³-hybridized carbons (Fsp3) is 0.857. The average molecular weight is 143 g/mol. The molecule has 0 aromatic carbocycles. The predicted octanol–water partition coefficient (Wildman–Crippen LogP) is -0.0461. The Morgan fingerprint density at radius 2 is 2.60 bits per heavy atom. The first kappa shape index (κ1) is 7.69. The quantitative estimate of drug-likeness (QED) is 0.589. The summed E-state index contributed by atoms with van der Waals surface area (Å²) in [5.41, 5.74) is 0. The largest absolute Gasteiger partial charge is 0.383 e. The zero-order chi connectivity index (χ0) is 7.40. The van der Waals surface area contributed by atoms with Crippen LogP contribution in [-0.4, -0.2) is 32.1 Å². The Kier molecular flexibility index (Phi) is 2.83. The summed E-state index contributed by atoms with van der Waals surface area (Å²) in [6, 6.07) is 0.256. The van der Waals surface area contributed by atoms with E-state index >= 15 is 0 Å². The zero-order valence-corrected chi connectivity index (χ0v) is 6.22. The summed E-state index contributed by atoms with van der Waals surface area (Å²) in [7, 11) is 1.65. The molecule has 10 heavy (non-hydrogen) atoms. The normalized spacial score (nSPS) is 26.9. The molecule has 1 N–H and O–H groups in total. The Hall–Kier alpha value is -0.410. The Morgan fingerprint density at radius 1 is 1.80 bits per heavy atom. The van der Waals surface area contributed by atoms with Gasteiger partial charge >= 0.3 is 0 Å². The Balaban J connectivity index is 2.25. The van der Waals surface area contributed by atoms with Crippen molar-refractivity contribution in [2.45, 2.75) is 18.9 Å². The molecule has 58 valence electrons. The third-order valence-corrected chi connectivity index (χ3v) is 1.68. The van der Waals surface area contributed by atoms with E-state index < -0.39 is 0 Å². The van der Waals surface area contributed by atoms with E-state index in [4.69, 9.17) is 4.74 Å². The molecule has 1 fully saturated rings. The number of hydrogen-bond acceptors (Lipinski definition) is 3. The van der Waals surface area contributed by atoms with Crippen molar-refractivity contribution in [3.05, 3.63) is 0 Å². The van der Waals surface area contributed by atoms with Gasteiger partial charge in [-0.25, -0.2) is 0 Å². The van der Waals surface area contributed by atoms with Crippen LogP contribution < -0.4 is 5.32 Å². The van der Waals surface area contributed by atoms with Crippen molar-refractivity contribution in [1.29, 1.82) is 0 Å². The smallest absolute Gasteiger partial charge is 0.135 e. The maximum atomic E-state index is 10.9. The van der Waals surface area contributed by atoms with E-state index in [1.165, 1.54) is 0 Å². The molecule has 1 heterocycles. The summed E-state index contributed by atoms with van der Waals surface area (Å²) in [4.78, 5) is 10.9. The van der Waals surface area contributed by atoms with Crippen LogP contribution in [0.15, 0.2) is 0 Å². The standard InChI is InChI=1S/C7H13NO2/c1-10-5-6-4-7(9)2-3-8-6/h6,8H,2-5H2,1H3. The van der Waals surface area contributed by atoms with Crippen molar-refractivity contribution in [3.63, 3.8) is 0 Å². The molecule has 0 aromatic heterocycles. The van der Waals surface area contributed by atoms with Crippen LogP contribution in [0.4, 0.5) is 0 Å². The zero-order valence-electron chi connectivity index (χ0n) is 6.22. The molecule has 1 unspecified atom stereocenters. The van der Waals surface area contributed by atoms with E-state index in [9.17, 15) is 4.79 Å². The molecule has 0 aromatic rings. The molecular formula is C7H13NO2. The van der Waals surface area contributed by atoms with Crippen molar-refractivity contribution in [2.24, 2.45) is 0 Å². The molecule has 1 aliphatic heterocycles. The number of piperidine rings is 1. The van der Waals surface area contributed by atoms with E-state index in [2.05, 4.69) is 5.32 Å². The first-order chi connectivity index (χ1) is 4.83. The summed E-state index contributed by atoms with van der Waals surface area (Å²) in [6.45, 7) is 1.46. The Morgan fingerprint density at radius 3 is 3.20 bits per heavy atom. The maximum absolute atomic E-state index is 10.9. The lowest BCUT2D eigenvalue weighted by atomic mass is 10.0. The van der Waals surface area contributed by atoms with Crippen LogP contribution in [-0.2, 0) is 9.53 Å². The van der Waals surface area contributed by atoms with Gasteiger partial charge in [0.05, 0.1) is 6.61 Å². The molecule has 1 aliphatic rings. The Labute approximate surface area is 60.7 Å². The molecule has 0 bridgehead atoms. The van der Waals surface area contributed by atoms with Crippen molar-refractivity contribution < 1.29 is 9.53 Å². The highest BCUT2D eigenvalue weighted by Crippen LogP contribution is 2.02. The van der Waals surface area contributed by atoms with Gasteiger partial charge in [-0.3, -0.25) is 4.79 Å². The van der Waals surface area contributed by atoms with Crippen LogP contribution in [0.3, 0.4) is 0 Å². The second kappa shape index (κ2) is 3.68. The number of methoxy groups -OCH3 is 1.